The first-order valence-corrected chi connectivity index (χ1v) is 7.24. The maximum atomic E-state index is 13.2. The van der Waals surface area contributed by atoms with E-state index < -0.39 is 0 Å². The van der Waals surface area contributed by atoms with Crippen molar-refractivity contribution in [3.05, 3.63) is 46.3 Å². The van der Waals surface area contributed by atoms with Crippen LogP contribution in [0.25, 0.3) is 10.2 Å². The van der Waals surface area contributed by atoms with Crippen molar-refractivity contribution in [3.63, 3.8) is 0 Å². The van der Waals surface area contributed by atoms with Gasteiger partial charge >= 0.3 is 0 Å². The van der Waals surface area contributed by atoms with Gasteiger partial charge in [-0.15, -0.1) is 11.3 Å². The van der Waals surface area contributed by atoms with Gasteiger partial charge in [-0.3, -0.25) is 0 Å². The molecule has 0 aliphatic heterocycles. The Hall–Kier alpha value is -1.72. The molecule has 3 rings (SSSR count). The maximum Gasteiger partial charge on any atom is 0.232 e. The summed E-state index contributed by atoms with van der Waals surface area (Å²) in [6.45, 7) is 2.06. The Balaban J connectivity index is 2.08. The molecule has 0 fully saturated rings. The highest BCUT2D eigenvalue weighted by Gasteiger charge is 2.12. The van der Waals surface area contributed by atoms with Crippen LogP contribution in [0.1, 0.15) is 11.8 Å². The van der Waals surface area contributed by atoms with E-state index in [9.17, 15) is 4.39 Å². The van der Waals surface area contributed by atoms with Crippen LogP contribution in [0.3, 0.4) is 0 Å². The number of ether oxygens (including phenoxy) is 1. The molecule has 2 aromatic heterocycles. The van der Waals surface area contributed by atoms with Gasteiger partial charge in [-0.2, -0.15) is 4.98 Å². The van der Waals surface area contributed by atoms with Crippen LogP contribution in [-0.2, 0) is 6.42 Å². The van der Waals surface area contributed by atoms with Gasteiger partial charge in [0.05, 0.1) is 5.39 Å². The van der Waals surface area contributed by atoms with Crippen molar-refractivity contribution in [1.82, 2.24) is 9.97 Å². The Labute approximate surface area is 124 Å². The number of benzene rings is 1. The topological polar surface area (TPSA) is 35.0 Å². The van der Waals surface area contributed by atoms with Crippen LogP contribution in [-0.4, -0.2) is 9.97 Å². The van der Waals surface area contributed by atoms with E-state index in [2.05, 4.69) is 16.9 Å². The average Bonchev–Trinajstić information content (AvgIpc) is 2.82. The van der Waals surface area contributed by atoms with Crippen LogP contribution in [0.4, 0.5) is 4.39 Å². The molecule has 0 N–H and O–H groups in total. The van der Waals surface area contributed by atoms with Crippen LogP contribution < -0.4 is 4.74 Å². The van der Waals surface area contributed by atoms with Gasteiger partial charge in [0.25, 0.3) is 0 Å². The number of hydrogen-bond donors (Lipinski definition) is 0. The molecule has 102 valence electrons. The van der Waals surface area contributed by atoms with Crippen LogP contribution in [0.2, 0.25) is 5.28 Å². The molecule has 1 aromatic carbocycles. The SMILES string of the molecule is CCc1cc2c(Oc3cccc(F)c3)nc(Cl)nc2s1. The summed E-state index contributed by atoms with van der Waals surface area (Å²) < 4.78 is 18.8. The van der Waals surface area contributed by atoms with Crippen molar-refractivity contribution >= 4 is 33.2 Å². The summed E-state index contributed by atoms with van der Waals surface area (Å²) in [5, 5.41) is 0.911. The third-order valence-electron chi connectivity index (χ3n) is 2.74. The lowest BCUT2D eigenvalue weighted by Crippen LogP contribution is -1.91. The number of halogens is 2. The number of fused-ring (bicyclic) bond motifs is 1. The molecular formula is C14H10ClFN2OS. The Bertz CT molecular complexity index is 775. The van der Waals surface area contributed by atoms with Crippen LogP contribution >= 0.6 is 22.9 Å². The van der Waals surface area contributed by atoms with E-state index in [1.165, 1.54) is 17.0 Å². The predicted molar refractivity (Wildman–Crippen MR) is 78.3 cm³/mol. The second-order valence-corrected chi connectivity index (χ2v) is 5.60. The Morgan fingerprint density at radius 2 is 2.15 bits per heavy atom. The molecule has 6 heteroatoms. The smallest absolute Gasteiger partial charge is 0.232 e. The lowest BCUT2D eigenvalue weighted by Gasteiger charge is -2.05. The monoisotopic (exact) mass is 308 g/mol. The zero-order valence-corrected chi connectivity index (χ0v) is 12.1. The molecule has 0 atom stereocenters. The molecule has 3 aromatic rings. The van der Waals surface area contributed by atoms with Crippen LogP contribution in [0.5, 0.6) is 11.6 Å². The summed E-state index contributed by atoms with van der Waals surface area (Å²) in [6.07, 6.45) is 0.901. The second kappa shape index (κ2) is 5.34. The molecule has 0 radical (unpaired) electrons. The van der Waals surface area contributed by atoms with Gasteiger partial charge in [-0.25, -0.2) is 9.37 Å². The Morgan fingerprint density at radius 3 is 2.90 bits per heavy atom. The van der Waals surface area contributed by atoms with Crippen molar-refractivity contribution in [2.45, 2.75) is 13.3 Å². The molecule has 0 amide bonds. The lowest BCUT2D eigenvalue weighted by molar-refractivity contribution is 0.463. The highest BCUT2D eigenvalue weighted by atomic mass is 35.5. The maximum absolute atomic E-state index is 13.2. The molecule has 0 saturated carbocycles. The van der Waals surface area contributed by atoms with Crippen LogP contribution in [0, 0.1) is 5.82 Å². The van der Waals surface area contributed by atoms with Gasteiger partial charge < -0.3 is 4.74 Å². The van der Waals surface area contributed by atoms with Crippen molar-refractivity contribution in [2.75, 3.05) is 0 Å². The summed E-state index contributed by atoms with van der Waals surface area (Å²) >= 11 is 7.45. The first kappa shape index (κ1) is 13.3. The second-order valence-electron chi connectivity index (χ2n) is 4.14. The lowest BCUT2D eigenvalue weighted by atomic mass is 10.3. The quantitative estimate of drug-likeness (QED) is 0.649. The summed E-state index contributed by atoms with van der Waals surface area (Å²) in [7, 11) is 0. The van der Waals surface area contributed by atoms with E-state index in [1.54, 1.807) is 23.5 Å². The van der Waals surface area contributed by atoms with Crippen molar-refractivity contribution in [2.24, 2.45) is 0 Å². The summed E-state index contributed by atoms with van der Waals surface area (Å²) in [5.41, 5.74) is 0. The van der Waals surface area contributed by atoms with Gasteiger partial charge in [-0.1, -0.05) is 13.0 Å². The molecular weight excluding hydrogens is 299 g/mol. The number of rotatable bonds is 3. The Morgan fingerprint density at radius 1 is 1.30 bits per heavy atom. The largest absolute Gasteiger partial charge is 0.438 e. The summed E-state index contributed by atoms with van der Waals surface area (Å²) in [5.74, 6) is 0.366. The fourth-order valence-corrected chi connectivity index (χ4v) is 2.98. The minimum Gasteiger partial charge on any atom is -0.438 e. The van der Waals surface area contributed by atoms with E-state index in [0.29, 0.717) is 11.6 Å². The van der Waals surface area contributed by atoms with Gasteiger partial charge in [-0.05, 0) is 36.2 Å². The third kappa shape index (κ3) is 2.59. The minimum atomic E-state index is -0.363. The zero-order chi connectivity index (χ0) is 14.1. The number of thiophene rings is 1. The fourth-order valence-electron chi connectivity index (χ4n) is 1.81. The third-order valence-corrected chi connectivity index (χ3v) is 4.08. The fraction of sp³-hybridized carbons (Fsp3) is 0.143. The van der Waals surface area contributed by atoms with E-state index >= 15 is 0 Å². The Kier molecular flexibility index (Phi) is 3.54. The van der Waals surface area contributed by atoms with Crippen LogP contribution in [0.15, 0.2) is 30.3 Å². The molecule has 0 saturated heterocycles. The highest BCUT2D eigenvalue weighted by molar-refractivity contribution is 7.18. The minimum absolute atomic E-state index is 0.119. The van der Waals surface area contributed by atoms with Gasteiger partial charge in [0.2, 0.25) is 11.2 Å². The summed E-state index contributed by atoms with van der Waals surface area (Å²) in [4.78, 5) is 10.2. The van der Waals surface area contributed by atoms with E-state index in [4.69, 9.17) is 16.3 Å². The standard InChI is InChI=1S/C14H10ClFN2OS/c1-2-10-7-11-12(17-14(15)18-13(11)20-10)19-9-5-3-4-8(16)6-9/h3-7H,2H2,1H3. The number of hydrogen-bond acceptors (Lipinski definition) is 4. The van der Waals surface area contributed by atoms with Crippen molar-refractivity contribution in [3.8, 4) is 11.6 Å². The predicted octanol–water partition coefficient (Wildman–Crippen LogP) is 4.84. The zero-order valence-electron chi connectivity index (χ0n) is 10.6. The number of aromatic nitrogens is 2. The normalized spacial score (nSPS) is 10.9. The molecule has 2 heterocycles. The number of aryl methyl sites for hydroxylation is 1. The number of nitrogens with zero attached hydrogens (tertiary/aromatic N) is 2. The first-order valence-electron chi connectivity index (χ1n) is 6.05. The van der Waals surface area contributed by atoms with E-state index in [1.807, 2.05) is 6.07 Å². The molecule has 0 aliphatic rings. The van der Waals surface area contributed by atoms with Gasteiger partial charge in [0.1, 0.15) is 16.4 Å². The van der Waals surface area contributed by atoms with E-state index in [0.717, 1.165) is 16.6 Å². The van der Waals surface area contributed by atoms with Gasteiger partial charge in [0.15, 0.2) is 0 Å². The van der Waals surface area contributed by atoms with Crippen molar-refractivity contribution < 1.29 is 9.13 Å². The summed E-state index contributed by atoms with van der Waals surface area (Å²) in [6, 6.07) is 7.88. The van der Waals surface area contributed by atoms with E-state index in [-0.39, 0.29) is 11.1 Å². The average molecular weight is 309 g/mol. The van der Waals surface area contributed by atoms with Gasteiger partial charge in [0, 0.05) is 10.9 Å². The molecule has 3 nitrogen and oxygen atoms in total. The van der Waals surface area contributed by atoms with Crippen molar-refractivity contribution in [1.29, 1.82) is 0 Å². The molecule has 0 spiro atoms. The molecule has 0 aliphatic carbocycles. The molecule has 0 unspecified atom stereocenters. The first-order chi connectivity index (χ1) is 9.65. The molecule has 20 heavy (non-hydrogen) atoms. The highest BCUT2D eigenvalue weighted by Crippen LogP contribution is 2.34. The molecule has 0 bridgehead atoms.